The van der Waals surface area contributed by atoms with Gasteiger partial charge in [-0.05, 0) is 50.1 Å². The molecule has 0 unspecified atom stereocenters. The van der Waals surface area contributed by atoms with Gasteiger partial charge in [-0.1, -0.05) is 19.8 Å². The number of nitrogens with one attached hydrogen (secondary N) is 1. The minimum Gasteiger partial charge on any atom is -0.329 e. The summed E-state index contributed by atoms with van der Waals surface area (Å²) >= 11 is 0. The average Bonchev–Trinajstić information content (AvgIpc) is 2.77. The van der Waals surface area contributed by atoms with E-state index in [2.05, 4.69) is 47.8 Å². The first-order valence-corrected chi connectivity index (χ1v) is 7.35. The fourth-order valence-corrected chi connectivity index (χ4v) is 2.32. The van der Waals surface area contributed by atoms with Gasteiger partial charge in [0.05, 0.1) is 17.4 Å². The van der Waals surface area contributed by atoms with Gasteiger partial charge in [-0.15, -0.1) is 0 Å². The molecule has 2 rings (SSSR count). The zero-order chi connectivity index (χ0) is 13.7. The number of imidazole rings is 1. The second-order valence-electron chi connectivity index (χ2n) is 5.32. The van der Waals surface area contributed by atoms with Gasteiger partial charge in [0.2, 0.25) is 0 Å². The minimum atomic E-state index is 0.991. The maximum Gasteiger partial charge on any atom is 0.0958 e. The second kappa shape index (κ2) is 6.71. The highest BCUT2D eigenvalue weighted by molar-refractivity contribution is 5.77. The number of aromatic nitrogens is 2. The van der Waals surface area contributed by atoms with Gasteiger partial charge < -0.3 is 9.88 Å². The second-order valence-corrected chi connectivity index (χ2v) is 5.32. The van der Waals surface area contributed by atoms with Crippen molar-refractivity contribution >= 4 is 11.0 Å². The lowest BCUT2D eigenvalue weighted by Gasteiger charge is -2.07. The van der Waals surface area contributed by atoms with E-state index in [-0.39, 0.29) is 0 Å². The topological polar surface area (TPSA) is 29.9 Å². The minimum absolute atomic E-state index is 0.991. The highest BCUT2D eigenvalue weighted by Gasteiger charge is 2.04. The summed E-state index contributed by atoms with van der Waals surface area (Å²) in [6, 6.07) is 4.42. The zero-order valence-electron chi connectivity index (χ0n) is 12.4. The molecular weight excluding hydrogens is 234 g/mol. The molecule has 0 aliphatic carbocycles. The smallest absolute Gasteiger partial charge is 0.0958 e. The number of rotatable bonds is 7. The number of aryl methyl sites for hydroxylation is 2. The molecule has 1 aromatic carbocycles. The molecule has 0 fully saturated rings. The maximum atomic E-state index is 4.48. The highest BCUT2D eigenvalue weighted by Crippen LogP contribution is 2.18. The molecule has 2 aromatic rings. The summed E-state index contributed by atoms with van der Waals surface area (Å²) < 4.78 is 2.24. The quantitative estimate of drug-likeness (QED) is 0.772. The number of nitrogens with zero attached hydrogens (tertiary/aromatic N) is 2. The fourth-order valence-electron chi connectivity index (χ4n) is 2.32. The predicted octanol–water partition coefficient (Wildman–Crippen LogP) is 3.43. The van der Waals surface area contributed by atoms with Crippen LogP contribution in [-0.4, -0.2) is 22.6 Å². The summed E-state index contributed by atoms with van der Waals surface area (Å²) in [6.45, 7) is 9.67. The molecule has 0 spiro atoms. The summed E-state index contributed by atoms with van der Waals surface area (Å²) in [4.78, 5) is 4.48. The maximum absolute atomic E-state index is 4.48. The van der Waals surface area contributed by atoms with Gasteiger partial charge in [-0.25, -0.2) is 4.98 Å². The van der Waals surface area contributed by atoms with Gasteiger partial charge in [0.1, 0.15) is 0 Å². The van der Waals surface area contributed by atoms with E-state index < -0.39 is 0 Å². The van der Waals surface area contributed by atoms with E-state index in [0.29, 0.717) is 0 Å². The molecule has 1 aromatic heterocycles. The molecule has 0 aliphatic rings. The standard InChI is InChI=1S/C16H25N3/c1-4-5-6-7-17-8-9-19-12-18-15-10-13(2)14(3)11-16(15)19/h10-12,17H,4-9H2,1-3H3. The van der Waals surface area contributed by atoms with Crippen LogP contribution in [0.15, 0.2) is 18.5 Å². The Labute approximate surface area is 116 Å². The van der Waals surface area contributed by atoms with Crippen molar-refractivity contribution in [3.8, 4) is 0 Å². The van der Waals surface area contributed by atoms with Gasteiger partial charge in [-0.2, -0.15) is 0 Å². The van der Waals surface area contributed by atoms with Crippen LogP contribution in [0.2, 0.25) is 0 Å². The number of fused-ring (bicyclic) bond motifs is 1. The van der Waals surface area contributed by atoms with Crippen LogP contribution < -0.4 is 5.32 Å². The average molecular weight is 259 g/mol. The molecule has 1 N–H and O–H groups in total. The van der Waals surface area contributed by atoms with Crippen molar-refractivity contribution in [3.05, 3.63) is 29.6 Å². The van der Waals surface area contributed by atoms with Crippen molar-refractivity contribution in [1.29, 1.82) is 0 Å². The van der Waals surface area contributed by atoms with E-state index >= 15 is 0 Å². The third-order valence-electron chi connectivity index (χ3n) is 3.72. The van der Waals surface area contributed by atoms with E-state index in [0.717, 1.165) is 25.2 Å². The molecule has 0 saturated heterocycles. The normalized spacial score (nSPS) is 11.3. The summed E-state index contributed by atoms with van der Waals surface area (Å²) in [7, 11) is 0. The Kier molecular flexibility index (Phi) is 4.97. The Hall–Kier alpha value is -1.35. The van der Waals surface area contributed by atoms with Gasteiger partial charge >= 0.3 is 0 Å². The summed E-state index contributed by atoms with van der Waals surface area (Å²) in [6.07, 6.45) is 5.84. The van der Waals surface area contributed by atoms with E-state index in [9.17, 15) is 0 Å². The van der Waals surface area contributed by atoms with E-state index in [4.69, 9.17) is 0 Å². The van der Waals surface area contributed by atoms with Crippen molar-refractivity contribution in [2.24, 2.45) is 0 Å². The molecule has 0 bridgehead atoms. The molecule has 0 atom stereocenters. The number of hydrogen-bond donors (Lipinski definition) is 1. The van der Waals surface area contributed by atoms with Crippen LogP contribution in [0.25, 0.3) is 11.0 Å². The Bertz CT molecular complexity index is 528. The Morgan fingerprint density at radius 1 is 1.11 bits per heavy atom. The van der Waals surface area contributed by atoms with Crippen LogP contribution in [0.1, 0.15) is 37.3 Å². The molecule has 0 amide bonds. The third kappa shape index (κ3) is 3.57. The summed E-state index contributed by atoms with van der Waals surface area (Å²) in [5.74, 6) is 0. The third-order valence-corrected chi connectivity index (χ3v) is 3.72. The van der Waals surface area contributed by atoms with Crippen LogP contribution in [-0.2, 0) is 6.54 Å². The molecule has 0 radical (unpaired) electrons. The van der Waals surface area contributed by atoms with Crippen LogP contribution in [0.3, 0.4) is 0 Å². The van der Waals surface area contributed by atoms with Crippen molar-refractivity contribution in [2.45, 2.75) is 46.6 Å². The molecule has 3 heteroatoms. The number of hydrogen-bond acceptors (Lipinski definition) is 2. The number of unbranched alkanes of at least 4 members (excludes halogenated alkanes) is 2. The van der Waals surface area contributed by atoms with Gasteiger partial charge in [0.25, 0.3) is 0 Å². The van der Waals surface area contributed by atoms with Crippen molar-refractivity contribution in [3.63, 3.8) is 0 Å². The number of benzene rings is 1. The van der Waals surface area contributed by atoms with Crippen LogP contribution in [0, 0.1) is 13.8 Å². The molecule has 104 valence electrons. The first kappa shape index (κ1) is 14.1. The molecule has 1 heterocycles. The van der Waals surface area contributed by atoms with Gasteiger partial charge in [-0.3, -0.25) is 0 Å². The van der Waals surface area contributed by atoms with Crippen molar-refractivity contribution < 1.29 is 0 Å². The van der Waals surface area contributed by atoms with Crippen LogP contribution in [0.5, 0.6) is 0 Å². The lowest BCUT2D eigenvalue weighted by Crippen LogP contribution is -2.20. The molecule has 0 saturated carbocycles. The Morgan fingerprint density at radius 3 is 2.68 bits per heavy atom. The zero-order valence-corrected chi connectivity index (χ0v) is 12.4. The highest BCUT2D eigenvalue weighted by atomic mass is 15.1. The van der Waals surface area contributed by atoms with Gasteiger partial charge in [0.15, 0.2) is 0 Å². The molecule has 19 heavy (non-hydrogen) atoms. The van der Waals surface area contributed by atoms with Gasteiger partial charge in [0, 0.05) is 13.1 Å². The molecule has 3 nitrogen and oxygen atoms in total. The first-order valence-electron chi connectivity index (χ1n) is 7.35. The Morgan fingerprint density at radius 2 is 1.89 bits per heavy atom. The van der Waals surface area contributed by atoms with E-state index in [1.54, 1.807) is 0 Å². The Balaban J connectivity index is 1.92. The molecule has 0 aliphatic heterocycles. The SMILES string of the molecule is CCCCCNCCn1cnc2cc(C)c(C)cc21. The molecular formula is C16H25N3. The predicted molar refractivity (Wildman–Crippen MR) is 81.6 cm³/mol. The fraction of sp³-hybridized carbons (Fsp3) is 0.562. The van der Waals surface area contributed by atoms with Crippen molar-refractivity contribution in [1.82, 2.24) is 14.9 Å². The largest absolute Gasteiger partial charge is 0.329 e. The van der Waals surface area contributed by atoms with E-state index in [1.165, 1.54) is 35.9 Å². The summed E-state index contributed by atoms with van der Waals surface area (Å²) in [5, 5.41) is 3.50. The monoisotopic (exact) mass is 259 g/mol. The summed E-state index contributed by atoms with van der Waals surface area (Å²) in [5.41, 5.74) is 5.01. The van der Waals surface area contributed by atoms with Crippen molar-refractivity contribution in [2.75, 3.05) is 13.1 Å². The lowest BCUT2D eigenvalue weighted by atomic mass is 10.1. The van der Waals surface area contributed by atoms with Crippen LogP contribution in [0.4, 0.5) is 0 Å². The first-order chi connectivity index (χ1) is 9.22. The lowest BCUT2D eigenvalue weighted by molar-refractivity contribution is 0.575. The van der Waals surface area contributed by atoms with Crippen LogP contribution >= 0.6 is 0 Å². The van der Waals surface area contributed by atoms with E-state index in [1.807, 2.05) is 6.33 Å².